The van der Waals surface area contributed by atoms with Crippen LogP contribution in [0, 0.1) is 40.5 Å². The molecule has 0 heterocycles. The topological polar surface area (TPSA) is 403 Å². The van der Waals surface area contributed by atoms with Gasteiger partial charge in [-0.15, -0.1) is 10.1 Å². The largest absolute Gasteiger partial charge is 0.465 e. The molecule has 0 aliphatic rings. The quantitative estimate of drug-likeness (QED) is 0.0271. The van der Waals surface area contributed by atoms with E-state index >= 15 is 0 Å². The number of nitro benzene ring substituents is 3. The van der Waals surface area contributed by atoms with Crippen LogP contribution in [0.25, 0.3) is 22.3 Å². The van der Waals surface area contributed by atoms with Gasteiger partial charge in [-0.3, -0.25) is 30.3 Å². The molecule has 0 saturated heterocycles. The van der Waals surface area contributed by atoms with E-state index in [9.17, 15) is 59.1 Å². The maximum atomic E-state index is 12.0. The number of anilines is 2. The number of nitrogen functional groups attached to an aromatic ring is 2. The summed E-state index contributed by atoms with van der Waals surface area (Å²) in [6.45, 7) is 0. The van der Waals surface area contributed by atoms with Crippen LogP contribution in [0.2, 0.25) is 0 Å². The van der Waals surface area contributed by atoms with Gasteiger partial charge in [0, 0.05) is 73.8 Å². The third kappa shape index (κ3) is 20.3. The minimum atomic E-state index is -1.50. The average molecular weight is 1280 g/mol. The van der Waals surface area contributed by atoms with Crippen molar-refractivity contribution in [3.63, 3.8) is 0 Å². The fraction of sp³-hybridized carbons (Fsp3) is 0.143. The summed E-state index contributed by atoms with van der Waals surface area (Å²) in [6.07, 6.45) is 0. The van der Waals surface area contributed by atoms with Crippen LogP contribution in [0.5, 0.6) is 0 Å². The number of carbonyl (C=O) groups excluding carboxylic acids is 6. The third-order valence-electron chi connectivity index (χ3n) is 9.56. The van der Waals surface area contributed by atoms with Crippen LogP contribution in [0.4, 0.5) is 28.4 Å². The molecule has 0 unspecified atom stereocenters. The van der Waals surface area contributed by atoms with Gasteiger partial charge < -0.3 is 45.1 Å². The molecule has 6 aromatic rings. The van der Waals surface area contributed by atoms with Crippen LogP contribution in [0.15, 0.2) is 124 Å². The van der Waals surface area contributed by atoms with Gasteiger partial charge >= 0.3 is 35.8 Å². The number of nitrogens with two attached hydrogens (primary N) is 2. The van der Waals surface area contributed by atoms with Crippen LogP contribution in [0.1, 0.15) is 69.6 Å². The zero-order valence-electron chi connectivity index (χ0n) is 41.1. The minimum absolute atomic E-state index is 0. The van der Waals surface area contributed by atoms with E-state index in [2.05, 4.69) is 50.8 Å². The number of nitro groups is 3. The van der Waals surface area contributed by atoms with Crippen molar-refractivity contribution >= 4 is 96.1 Å². The van der Waals surface area contributed by atoms with Gasteiger partial charge in [0.2, 0.25) is 0 Å². The Morgan fingerprint density at radius 2 is 0.646 bits per heavy atom. The monoisotopic (exact) mass is 1280 g/mol. The number of halogens is 2. The van der Waals surface area contributed by atoms with E-state index in [0.717, 1.165) is 49.0 Å². The summed E-state index contributed by atoms with van der Waals surface area (Å²) in [4.78, 5) is 109. The van der Waals surface area contributed by atoms with Gasteiger partial charge in [0.25, 0.3) is 22.1 Å². The van der Waals surface area contributed by atoms with E-state index in [-0.39, 0.29) is 86.5 Å². The number of hydrogen-bond donors (Lipinski definition) is 3. The fourth-order valence-electron chi connectivity index (χ4n) is 6.10. The van der Waals surface area contributed by atoms with E-state index in [0.29, 0.717) is 32.5 Å². The summed E-state index contributed by atoms with van der Waals surface area (Å²) >= 11 is 6.33. The van der Waals surface area contributed by atoms with Crippen molar-refractivity contribution in [1.29, 1.82) is 0 Å². The summed E-state index contributed by atoms with van der Waals surface area (Å²) in [6, 6.07) is 27.4. The number of esters is 6. The number of ether oxygens (including phenoxy) is 6. The number of benzene rings is 6. The fourth-order valence-corrected chi connectivity index (χ4v) is 6.96. The normalized spacial score (nSPS) is 9.42. The predicted octanol–water partition coefficient (Wildman–Crippen LogP) is 9.50. The van der Waals surface area contributed by atoms with Gasteiger partial charge in [0.05, 0.1) is 90.8 Å². The van der Waals surface area contributed by atoms with E-state index < -0.39 is 49.7 Å². The molecule has 30 heteroatoms. The van der Waals surface area contributed by atoms with Crippen molar-refractivity contribution in [2.24, 2.45) is 0 Å². The Hall–Kier alpha value is -9.38. The molecule has 0 fully saturated rings. The first kappa shape index (κ1) is 69.6. The van der Waals surface area contributed by atoms with Crippen molar-refractivity contribution in [2.75, 3.05) is 54.1 Å². The first-order valence-corrected chi connectivity index (χ1v) is 22.3. The van der Waals surface area contributed by atoms with Gasteiger partial charge in [-0.05, 0) is 109 Å². The van der Waals surface area contributed by atoms with Crippen LogP contribution >= 0.6 is 31.9 Å². The second kappa shape index (κ2) is 33.6. The molecular formula is C49H46Br2CuN6O21. The van der Waals surface area contributed by atoms with E-state index in [1.54, 1.807) is 42.5 Å². The van der Waals surface area contributed by atoms with Crippen LogP contribution < -0.4 is 11.5 Å². The first-order chi connectivity index (χ1) is 36.3. The number of methoxy groups -OCH3 is 6. The number of nitrogens with zero attached hydrogens (tertiary/aromatic N) is 4. The zero-order chi connectivity index (χ0) is 58.3. The van der Waals surface area contributed by atoms with Gasteiger partial charge in [-0.1, -0.05) is 31.7 Å². The molecule has 6 aromatic carbocycles. The molecule has 0 amide bonds. The average Bonchev–Trinajstić information content (AvgIpc) is 3.41. The SMILES string of the molecule is C.COC(=O)c1cc(N)ccc1-c1ccc(N)cc1C(=O)OC.COC(=O)c1cc([N+](=O)[O-])ccc1-c1ccc([N+](=O)[O-])cc1C(=O)OC.COC(=O)c1cc([N+](=O)[O-])ccc1Br.COC(=O)c1ccccc1Br.O=[N+]([O-])O.[Cu]. The molecule has 6 rings (SSSR count). The molecule has 423 valence electrons. The zero-order valence-corrected chi connectivity index (χ0v) is 45.2. The van der Waals surface area contributed by atoms with Crippen molar-refractivity contribution in [2.45, 2.75) is 7.43 Å². The van der Waals surface area contributed by atoms with Crippen LogP contribution in [-0.2, 0) is 45.5 Å². The molecule has 0 aliphatic carbocycles. The Morgan fingerprint density at radius 3 is 0.949 bits per heavy atom. The van der Waals surface area contributed by atoms with Gasteiger partial charge in [-0.2, -0.15) is 0 Å². The van der Waals surface area contributed by atoms with Gasteiger partial charge in [0.15, 0.2) is 0 Å². The maximum Gasteiger partial charge on any atom is 0.339 e. The molecule has 27 nitrogen and oxygen atoms in total. The van der Waals surface area contributed by atoms with Crippen LogP contribution in [0.3, 0.4) is 0 Å². The molecule has 0 aliphatic heterocycles. The summed E-state index contributed by atoms with van der Waals surface area (Å²) < 4.78 is 29.0. The summed E-state index contributed by atoms with van der Waals surface area (Å²) in [5, 5.41) is 46.0. The van der Waals surface area contributed by atoms with Crippen molar-refractivity contribution < 1.29 is 99.3 Å². The van der Waals surface area contributed by atoms with Gasteiger partial charge in [0.1, 0.15) is 0 Å². The molecule has 1 radical (unpaired) electrons. The summed E-state index contributed by atoms with van der Waals surface area (Å²) in [7, 11) is 7.33. The molecule has 0 bridgehead atoms. The molecule has 0 saturated carbocycles. The number of rotatable bonds is 11. The van der Waals surface area contributed by atoms with E-state index in [1.165, 1.54) is 64.8 Å². The third-order valence-corrected chi connectivity index (χ3v) is 10.9. The van der Waals surface area contributed by atoms with Crippen molar-refractivity contribution in [1.82, 2.24) is 0 Å². The maximum absolute atomic E-state index is 12.0. The first-order valence-electron chi connectivity index (χ1n) is 20.7. The Labute approximate surface area is 475 Å². The molecular weight excluding hydrogens is 1230 g/mol. The second-order valence-corrected chi connectivity index (χ2v) is 15.9. The Morgan fingerprint density at radius 1 is 0.405 bits per heavy atom. The Balaban J connectivity index is 0.00000104. The molecule has 0 atom stereocenters. The van der Waals surface area contributed by atoms with E-state index in [4.69, 9.17) is 36.3 Å². The standard InChI is InChI=1S/C16H12N2O8.C16H16N2O4.C8H6BrNO4.C8H7BrO2.CH4.Cu.HNO3/c1-25-15(19)13-7-9(17(21)22)3-5-11(13)12-6-4-10(18(23)24)8-14(12)16(20)26-2;1-21-15(19)13-7-9(17)3-5-11(13)12-6-4-10(18)8-14(12)16(20)22-2;1-14-8(11)6-4-5(10(12)13)2-3-7(6)9;1-11-8(10)6-4-2-3-5-7(6)9;;;2-1(3)4/h3-8H,1-2H3;3-8H,17-18H2,1-2H3;2-4H,1H3;2-5H,1H3;1H4;;(H,2,3,4). The summed E-state index contributed by atoms with van der Waals surface area (Å²) in [5.74, 6) is -3.75. The van der Waals surface area contributed by atoms with E-state index in [1.807, 2.05) is 6.07 Å². The molecule has 0 aromatic heterocycles. The number of non-ortho nitro benzene ring substituents is 3. The van der Waals surface area contributed by atoms with Crippen LogP contribution in [-0.4, -0.2) is 104 Å². The Kier molecular flexibility index (Phi) is 29.6. The molecule has 0 spiro atoms. The molecule has 79 heavy (non-hydrogen) atoms. The number of carbonyl (C=O) groups is 6. The van der Waals surface area contributed by atoms with Crippen molar-refractivity contribution in [3.8, 4) is 22.3 Å². The summed E-state index contributed by atoms with van der Waals surface area (Å²) in [5.41, 5.74) is 13.6. The van der Waals surface area contributed by atoms with Gasteiger partial charge in [-0.25, -0.2) is 28.8 Å². The Bertz CT molecular complexity index is 3090. The van der Waals surface area contributed by atoms with Crippen molar-refractivity contribution in [3.05, 3.63) is 198 Å². The second-order valence-electron chi connectivity index (χ2n) is 14.2. The minimum Gasteiger partial charge on any atom is -0.465 e. The smallest absolute Gasteiger partial charge is 0.339 e. The predicted molar refractivity (Wildman–Crippen MR) is 284 cm³/mol. The number of hydrogen-bond acceptors (Lipinski definition) is 22. The molecule has 5 N–H and O–H groups in total.